The summed E-state index contributed by atoms with van der Waals surface area (Å²) in [6.45, 7) is 1.74. The quantitative estimate of drug-likeness (QED) is 0.337. The van der Waals surface area contributed by atoms with E-state index >= 15 is 0 Å². The molecule has 0 saturated carbocycles. The summed E-state index contributed by atoms with van der Waals surface area (Å²) in [5.41, 5.74) is 0.123. The highest BCUT2D eigenvalue weighted by Crippen LogP contribution is 2.27. The molecule has 0 aliphatic carbocycles. The zero-order valence-electron chi connectivity index (χ0n) is 17.8. The first-order valence-corrected chi connectivity index (χ1v) is 10.4. The fourth-order valence-electron chi connectivity index (χ4n) is 3.34. The van der Waals surface area contributed by atoms with Crippen molar-refractivity contribution in [3.05, 3.63) is 93.5 Å². The molecular formula is C25H19ClFNO5. The molecule has 8 heteroatoms. The number of carbonyl (C=O) groups excluding carboxylic acids is 1. The van der Waals surface area contributed by atoms with Crippen LogP contribution >= 0.6 is 11.6 Å². The predicted octanol–water partition coefficient (Wildman–Crippen LogP) is 5.76. The van der Waals surface area contributed by atoms with Crippen LogP contribution < -0.4 is 14.9 Å². The number of rotatable bonds is 6. The van der Waals surface area contributed by atoms with Gasteiger partial charge in [-0.2, -0.15) is 0 Å². The average Bonchev–Trinajstić information content (AvgIpc) is 2.82. The van der Waals surface area contributed by atoms with E-state index in [1.165, 1.54) is 12.3 Å². The number of hydrogen-bond acceptors (Lipinski definition) is 5. The molecule has 0 aliphatic heterocycles. The Balaban J connectivity index is 1.77. The van der Waals surface area contributed by atoms with Crippen molar-refractivity contribution in [1.29, 1.82) is 0 Å². The molecule has 0 spiro atoms. The topological polar surface area (TPSA) is 66.8 Å². The second-order valence-corrected chi connectivity index (χ2v) is 7.42. The van der Waals surface area contributed by atoms with E-state index in [-0.39, 0.29) is 22.6 Å². The Kier molecular flexibility index (Phi) is 6.33. The van der Waals surface area contributed by atoms with E-state index in [2.05, 4.69) is 0 Å². The number of benzene rings is 3. The van der Waals surface area contributed by atoms with Gasteiger partial charge in [0.1, 0.15) is 28.6 Å². The zero-order chi connectivity index (χ0) is 23.5. The van der Waals surface area contributed by atoms with Gasteiger partial charge in [-0.1, -0.05) is 11.6 Å². The van der Waals surface area contributed by atoms with Gasteiger partial charge >= 0.3 is 5.97 Å². The molecule has 6 nitrogen and oxygen atoms in total. The third-order valence-corrected chi connectivity index (χ3v) is 5.24. The van der Waals surface area contributed by atoms with Gasteiger partial charge < -0.3 is 18.8 Å². The van der Waals surface area contributed by atoms with Crippen molar-refractivity contribution >= 4 is 28.5 Å². The minimum atomic E-state index is -0.784. The molecule has 0 fully saturated rings. The Labute approximate surface area is 193 Å². The summed E-state index contributed by atoms with van der Waals surface area (Å²) in [6, 6.07) is 16.5. The maximum atomic E-state index is 14.1. The molecule has 0 amide bonds. The van der Waals surface area contributed by atoms with Crippen molar-refractivity contribution in [2.75, 3.05) is 13.7 Å². The molecule has 0 bridgehead atoms. The Morgan fingerprint density at radius 2 is 1.61 bits per heavy atom. The number of fused-ring (bicyclic) bond motifs is 1. The molecular weight excluding hydrogens is 449 g/mol. The van der Waals surface area contributed by atoms with Crippen LogP contribution in [0.1, 0.15) is 17.3 Å². The van der Waals surface area contributed by atoms with Gasteiger partial charge in [-0.05, 0) is 67.6 Å². The monoisotopic (exact) mass is 467 g/mol. The molecule has 0 saturated heterocycles. The minimum absolute atomic E-state index is 0.0148. The number of aromatic nitrogens is 1. The van der Waals surface area contributed by atoms with E-state index in [0.29, 0.717) is 22.7 Å². The second kappa shape index (κ2) is 9.34. The summed E-state index contributed by atoms with van der Waals surface area (Å²) < 4.78 is 31.7. The summed E-state index contributed by atoms with van der Waals surface area (Å²) in [5, 5.41) is -0.125. The number of halogens is 2. The van der Waals surface area contributed by atoms with Crippen LogP contribution in [0.5, 0.6) is 17.2 Å². The highest BCUT2D eigenvalue weighted by atomic mass is 35.5. The van der Waals surface area contributed by atoms with Crippen LogP contribution in [0.25, 0.3) is 16.6 Å². The number of ether oxygens (including phenoxy) is 3. The number of hydrogen-bond donors (Lipinski definition) is 0. The van der Waals surface area contributed by atoms with Crippen LogP contribution in [0.3, 0.4) is 0 Å². The van der Waals surface area contributed by atoms with Gasteiger partial charge in [0.2, 0.25) is 5.43 Å². The number of esters is 1. The van der Waals surface area contributed by atoms with E-state index in [1.807, 2.05) is 0 Å². The van der Waals surface area contributed by atoms with Crippen LogP contribution in [-0.4, -0.2) is 24.3 Å². The summed E-state index contributed by atoms with van der Waals surface area (Å²) in [5.74, 6) is 0.383. The first-order chi connectivity index (χ1) is 15.9. The lowest BCUT2D eigenvalue weighted by molar-refractivity contribution is 0.0524. The molecule has 0 N–H and O–H groups in total. The minimum Gasteiger partial charge on any atom is -0.497 e. The summed E-state index contributed by atoms with van der Waals surface area (Å²) in [4.78, 5) is 25.2. The molecule has 0 aliphatic rings. The van der Waals surface area contributed by atoms with E-state index in [1.54, 1.807) is 67.1 Å². The van der Waals surface area contributed by atoms with Crippen LogP contribution in [-0.2, 0) is 4.74 Å². The third-order valence-electron chi connectivity index (χ3n) is 4.95. The Morgan fingerprint density at radius 1 is 1.00 bits per heavy atom. The van der Waals surface area contributed by atoms with E-state index in [4.69, 9.17) is 25.8 Å². The molecule has 4 aromatic rings. The average molecular weight is 468 g/mol. The maximum absolute atomic E-state index is 14.1. The van der Waals surface area contributed by atoms with Gasteiger partial charge in [-0.15, -0.1) is 0 Å². The second-order valence-electron chi connectivity index (χ2n) is 7.02. The van der Waals surface area contributed by atoms with Crippen LogP contribution in [0.2, 0.25) is 5.02 Å². The first-order valence-electron chi connectivity index (χ1n) is 10.0. The SMILES string of the molecule is CCOC(=O)c1cn(-c2ccc(Oc3ccc(OC)cc3)cc2)c2cc(Cl)c(F)cc2c1=O. The van der Waals surface area contributed by atoms with E-state index in [9.17, 15) is 14.0 Å². The number of pyridine rings is 1. The molecule has 1 heterocycles. The number of carbonyl (C=O) groups is 1. The summed E-state index contributed by atoms with van der Waals surface area (Å²) in [7, 11) is 1.59. The Hall–Kier alpha value is -3.84. The smallest absolute Gasteiger partial charge is 0.343 e. The zero-order valence-corrected chi connectivity index (χ0v) is 18.6. The third kappa shape index (κ3) is 4.54. The van der Waals surface area contributed by atoms with Crippen molar-refractivity contribution in [3.8, 4) is 22.9 Å². The molecule has 3 aromatic carbocycles. The maximum Gasteiger partial charge on any atom is 0.343 e. The van der Waals surface area contributed by atoms with Gasteiger partial charge in [0, 0.05) is 17.3 Å². The Bertz CT molecular complexity index is 1380. The number of methoxy groups -OCH3 is 1. The van der Waals surface area contributed by atoms with Gasteiger partial charge in [0.15, 0.2) is 0 Å². The fraction of sp³-hybridized carbons (Fsp3) is 0.120. The van der Waals surface area contributed by atoms with Crippen LogP contribution in [0, 0.1) is 5.82 Å². The van der Waals surface area contributed by atoms with Crippen molar-refractivity contribution < 1.29 is 23.4 Å². The van der Waals surface area contributed by atoms with E-state index in [0.717, 1.165) is 11.8 Å². The number of nitrogens with zero attached hydrogens (tertiary/aromatic N) is 1. The van der Waals surface area contributed by atoms with E-state index < -0.39 is 17.2 Å². The first kappa shape index (κ1) is 22.4. The summed E-state index contributed by atoms with van der Waals surface area (Å²) >= 11 is 5.98. The lowest BCUT2D eigenvalue weighted by Gasteiger charge is -2.15. The van der Waals surface area contributed by atoms with Crippen LogP contribution in [0.4, 0.5) is 4.39 Å². The molecule has 0 atom stereocenters. The normalized spacial score (nSPS) is 10.8. The Morgan fingerprint density at radius 3 is 2.21 bits per heavy atom. The molecule has 168 valence electrons. The predicted molar refractivity (Wildman–Crippen MR) is 124 cm³/mol. The van der Waals surface area contributed by atoms with Gasteiger partial charge in [-0.25, -0.2) is 9.18 Å². The van der Waals surface area contributed by atoms with Crippen molar-refractivity contribution in [3.63, 3.8) is 0 Å². The molecule has 0 radical (unpaired) electrons. The molecule has 4 rings (SSSR count). The molecule has 33 heavy (non-hydrogen) atoms. The van der Waals surface area contributed by atoms with Gasteiger partial charge in [0.25, 0.3) is 0 Å². The molecule has 0 unspecified atom stereocenters. The lowest BCUT2D eigenvalue weighted by Crippen LogP contribution is -2.20. The highest BCUT2D eigenvalue weighted by molar-refractivity contribution is 6.31. The highest BCUT2D eigenvalue weighted by Gasteiger charge is 2.19. The summed E-state index contributed by atoms with van der Waals surface area (Å²) in [6.07, 6.45) is 1.37. The largest absolute Gasteiger partial charge is 0.497 e. The van der Waals surface area contributed by atoms with Crippen molar-refractivity contribution in [2.45, 2.75) is 6.92 Å². The van der Waals surface area contributed by atoms with Crippen LogP contribution in [0.15, 0.2) is 71.7 Å². The van der Waals surface area contributed by atoms with Crippen molar-refractivity contribution in [1.82, 2.24) is 4.57 Å². The van der Waals surface area contributed by atoms with Gasteiger partial charge in [-0.3, -0.25) is 4.79 Å². The molecule has 1 aromatic heterocycles. The van der Waals surface area contributed by atoms with Crippen molar-refractivity contribution in [2.24, 2.45) is 0 Å². The standard InChI is InChI=1S/C25H19ClFNO5/c1-3-32-25(30)20-14-28(23-13-21(26)22(27)12-19(23)24(20)29)15-4-6-17(7-5-15)33-18-10-8-16(31-2)9-11-18/h4-14H,3H2,1-2H3. The van der Waals surface area contributed by atoms with Gasteiger partial charge in [0.05, 0.1) is 24.3 Å². The lowest BCUT2D eigenvalue weighted by atomic mass is 10.1. The fourth-order valence-corrected chi connectivity index (χ4v) is 3.50.